The molecule has 1 aromatic heterocycles. The molecule has 0 atom stereocenters. The number of ether oxygens (including phenoxy) is 2. The van der Waals surface area contributed by atoms with Crippen molar-refractivity contribution in [2.24, 2.45) is 0 Å². The van der Waals surface area contributed by atoms with Crippen LogP contribution in [0, 0.1) is 5.82 Å². The fourth-order valence-electron chi connectivity index (χ4n) is 3.12. The number of benzene rings is 1. The predicted octanol–water partition coefficient (Wildman–Crippen LogP) is 4.09. The van der Waals surface area contributed by atoms with Crippen LogP contribution >= 0.6 is 0 Å². The van der Waals surface area contributed by atoms with Gasteiger partial charge in [-0.3, -0.25) is 0 Å². The number of fused-ring (bicyclic) bond motifs is 1. The average molecular weight is 350 g/mol. The Morgan fingerprint density at radius 2 is 2.00 bits per heavy atom. The number of carbonyl (C=O) groups excluding carboxylic acids is 1. The molecule has 1 amide bonds. The van der Waals surface area contributed by atoms with E-state index < -0.39 is 11.4 Å². The third-order valence-electron chi connectivity index (χ3n) is 4.31. The van der Waals surface area contributed by atoms with Crippen LogP contribution in [0.5, 0.6) is 5.75 Å². The van der Waals surface area contributed by atoms with E-state index in [2.05, 4.69) is 5.16 Å². The smallest absolute Gasteiger partial charge is 0.410 e. The first-order valence-electron chi connectivity index (χ1n) is 8.40. The molecule has 2 aromatic rings. The quantitative estimate of drug-likeness (QED) is 0.816. The van der Waals surface area contributed by atoms with E-state index in [1.807, 2.05) is 20.8 Å². The summed E-state index contributed by atoms with van der Waals surface area (Å²) in [6, 6.07) is 3.02. The normalized spacial score (nSPS) is 16.3. The highest BCUT2D eigenvalue weighted by atomic mass is 19.1. The summed E-state index contributed by atoms with van der Waals surface area (Å²) in [6.07, 6.45) is 1.21. The third-order valence-corrected chi connectivity index (χ3v) is 4.31. The van der Waals surface area contributed by atoms with Crippen molar-refractivity contribution in [1.82, 2.24) is 10.1 Å². The van der Waals surface area contributed by atoms with Crippen molar-refractivity contribution >= 4 is 17.1 Å². The molecule has 1 aromatic carbocycles. The summed E-state index contributed by atoms with van der Waals surface area (Å²) in [4.78, 5) is 13.9. The molecule has 0 bridgehead atoms. The van der Waals surface area contributed by atoms with Crippen LogP contribution in [0.2, 0.25) is 0 Å². The van der Waals surface area contributed by atoms with Crippen LogP contribution in [0.3, 0.4) is 0 Å². The molecule has 1 fully saturated rings. The van der Waals surface area contributed by atoms with Crippen molar-refractivity contribution in [3.8, 4) is 5.75 Å². The maximum absolute atomic E-state index is 13.8. The van der Waals surface area contributed by atoms with Crippen LogP contribution in [-0.2, 0) is 4.74 Å². The number of halogens is 1. The zero-order chi connectivity index (χ0) is 18.2. The number of amides is 1. The van der Waals surface area contributed by atoms with Crippen molar-refractivity contribution in [3.05, 3.63) is 23.6 Å². The fraction of sp³-hybridized carbons (Fsp3) is 0.556. The molecule has 1 aliphatic rings. The van der Waals surface area contributed by atoms with Crippen LogP contribution in [-0.4, -0.2) is 42.0 Å². The number of carbonyl (C=O) groups is 1. The minimum Gasteiger partial charge on any atom is -0.490 e. The summed E-state index contributed by atoms with van der Waals surface area (Å²) >= 11 is 0. The predicted molar refractivity (Wildman–Crippen MR) is 90.3 cm³/mol. The number of aromatic nitrogens is 1. The second kappa shape index (κ2) is 6.54. The minimum atomic E-state index is -0.503. The van der Waals surface area contributed by atoms with Gasteiger partial charge >= 0.3 is 6.09 Å². The summed E-state index contributed by atoms with van der Waals surface area (Å²) < 4.78 is 29.6. The SMILES string of the molecule is COc1c(F)ccc2c(C3CCN(C(=O)OC(C)(C)C)CC3)noc12. The van der Waals surface area contributed by atoms with Crippen molar-refractivity contribution in [3.63, 3.8) is 0 Å². The lowest BCUT2D eigenvalue weighted by atomic mass is 9.92. The molecule has 3 rings (SSSR count). The van der Waals surface area contributed by atoms with E-state index in [9.17, 15) is 9.18 Å². The van der Waals surface area contributed by atoms with E-state index in [1.165, 1.54) is 13.2 Å². The first-order valence-corrected chi connectivity index (χ1v) is 8.40. The number of likely N-dealkylation sites (tertiary alicyclic amines) is 1. The first kappa shape index (κ1) is 17.5. The standard InChI is InChI=1S/C18H23FN2O4/c1-18(2,3)24-17(22)21-9-7-11(8-10-21)14-12-5-6-13(19)16(23-4)15(12)25-20-14/h5-6,11H,7-10H2,1-4H3. The number of nitrogens with zero attached hydrogens (tertiary/aromatic N) is 2. The van der Waals surface area contributed by atoms with Crippen molar-refractivity contribution in [2.45, 2.75) is 45.1 Å². The topological polar surface area (TPSA) is 64.8 Å². The fourth-order valence-corrected chi connectivity index (χ4v) is 3.12. The monoisotopic (exact) mass is 350 g/mol. The average Bonchev–Trinajstić information content (AvgIpc) is 2.97. The highest BCUT2D eigenvalue weighted by Gasteiger charge is 2.30. The molecule has 0 unspecified atom stereocenters. The number of hydrogen-bond donors (Lipinski definition) is 0. The molecule has 0 saturated carbocycles. The number of rotatable bonds is 2. The van der Waals surface area contributed by atoms with Crippen LogP contribution in [0.4, 0.5) is 9.18 Å². The van der Waals surface area contributed by atoms with Gasteiger partial charge in [-0.2, -0.15) is 0 Å². The van der Waals surface area contributed by atoms with Gasteiger partial charge in [-0.1, -0.05) is 5.16 Å². The van der Waals surface area contributed by atoms with E-state index in [-0.39, 0.29) is 17.8 Å². The molecule has 0 N–H and O–H groups in total. The highest BCUT2D eigenvalue weighted by Crippen LogP contribution is 2.37. The van der Waals surface area contributed by atoms with Gasteiger partial charge in [0.15, 0.2) is 5.82 Å². The van der Waals surface area contributed by atoms with E-state index in [0.29, 0.717) is 18.7 Å². The highest BCUT2D eigenvalue weighted by molar-refractivity contribution is 5.85. The zero-order valence-electron chi connectivity index (χ0n) is 15.0. The number of methoxy groups -OCH3 is 1. The Kier molecular flexibility index (Phi) is 4.58. The Labute approximate surface area is 145 Å². The maximum Gasteiger partial charge on any atom is 0.410 e. The molecule has 2 heterocycles. The molecular formula is C18H23FN2O4. The van der Waals surface area contributed by atoms with Gasteiger partial charge in [0.05, 0.1) is 12.8 Å². The summed E-state index contributed by atoms with van der Waals surface area (Å²) in [5, 5.41) is 4.90. The van der Waals surface area contributed by atoms with E-state index in [4.69, 9.17) is 14.0 Å². The van der Waals surface area contributed by atoms with E-state index >= 15 is 0 Å². The van der Waals surface area contributed by atoms with Crippen LogP contribution in [0.1, 0.15) is 45.2 Å². The van der Waals surface area contributed by atoms with Crippen LogP contribution < -0.4 is 4.74 Å². The van der Waals surface area contributed by atoms with Gasteiger partial charge in [-0.15, -0.1) is 0 Å². The van der Waals surface area contributed by atoms with Crippen LogP contribution in [0.25, 0.3) is 11.0 Å². The molecule has 0 spiro atoms. The molecule has 136 valence electrons. The summed E-state index contributed by atoms with van der Waals surface area (Å²) in [5.74, 6) is -0.255. The number of piperidine rings is 1. The second-order valence-electron chi connectivity index (χ2n) is 7.27. The van der Waals surface area contributed by atoms with Gasteiger partial charge in [0, 0.05) is 24.4 Å². The molecule has 1 aliphatic heterocycles. The lowest BCUT2D eigenvalue weighted by Crippen LogP contribution is -2.41. The molecule has 6 nitrogen and oxygen atoms in total. The lowest BCUT2D eigenvalue weighted by molar-refractivity contribution is 0.0204. The van der Waals surface area contributed by atoms with Crippen molar-refractivity contribution in [2.75, 3.05) is 20.2 Å². The van der Waals surface area contributed by atoms with E-state index in [1.54, 1.807) is 11.0 Å². The minimum absolute atomic E-state index is 0.0717. The largest absolute Gasteiger partial charge is 0.490 e. The Hall–Kier alpha value is -2.31. The maximum atomic E-state index is 13.8. The molecule has 7 heteroatoms. The first-order chi connectivity index (χ1) is 11.8. The van der Waals surface area contributed by atoms with Gasteiger partial charge in [-0.05, 0) is 45.7 Å². The third kappa shape index (κ3) is 3.55. The molecule has 1 saturated heterocycles. The number of hydrogen-bond acceptors (Lipinski definition) is 5. The Balaban J connectivity index is 1.74. The van der Waals surface area contributed by atoms with Crippen molar-refractivity contribution < 1.29 is 23.2 Å². The van der Waals surface area contributed by atoms with Gasteiger partial charge in [0.1, 0.15) is 5.60 Å². The summed E-state index contributed by atoms with van der Waals surface area (Å²) in [5.41, 5.74) is 0.612. The van der Waals surface area contributed by atoms with Gasteiger partial charge in [0.25, 0.3) is 0 Å². The Bertz CT molecular complexity index is 773. The van der Waals surface area contributed by atoms with Gasteiger partial charge < -0.3 is 18.9 Å². The van der Waals surface area contributed by atoms with Crippen molar-refractivity contribution in [1.29, 1.82) is 0 Å². The lowest BCUT2D eigenvalue weighted by Gasteiger charge is -2.32. The summed E-state index contributed by atoms with van der Waals surface area (Å²) in [7, 11) is 1.40. The van der Waals surface area contributed by atoms with E-state index in [0.717, 1.165) is 23.9 Å². The summed E-state index contributed by atoms with van der Waals surface area (Å²) in [6.45, 7) is 6.74. The molecule has 0 radical (unpaired) electrons. The van der Waals surface area contributed by atoms with Crippen LogP contribution in [0.15, 0.2) is 16.7 Å². The molecule has 25 heavy (non-hydrogen) atoms. The Morgan fingerprint density at radius 1 is 1.32 bits per heavy atom. The Morgan fingerprint density at radius 3 is 2.60 bits per heavy atom. The van der Waals surface area contributed by atoms with Gasteiger partial charge in [0.2, 0.25) is 11.3 Å². The molecular weight excluding hydrogens is 327 g/mol. The van der Waals surface area contributed by atoms with Gasteiger partial charge in [-0.25, -0.2) is 9.18 Å². The second-order valence-corrected chi connectivity index (χ2v) is 7.27. The molecule has 0 aliphatic carbocycles. The zero-order valence-corrected chi connectivity index (χ0v) is 15.0.